The molecule has 1 aliphatic rings. The van der Waals surface area contributed by atoms with Gasteiger partial charge < -0.3 is 19.7 Å². The molecule has 1 N–H and O–H groups in total. The summed E-state index contributed by atoms with van der Waals surface area (Å²) < 4.78 is 10.5. The molecule has 0 unspecified atom stereocenters. The Labute approximate surface area is 163 Å². The highest BCUT2D eigenvalue weighted by Gasteiger charge is 2.21. The van der Waals surface area contributed by atoms with Crippen molar-refractivity contribution in [3.8, 4) is 11.5 Å². The molecule has 0 bridgehead atoms. The molecule has 2 aromatic rings. The summed E-state index contributed by atoms with van der Waals surface area (Å²) >= 11 is 6.10. The van der Waals surface area contributed by atoms with E-state index in [0.717, 1.165) is 32.1 Å². The number of hydrogen-bond donors (Lipinski definition) is 1. The maximum atomic E-state index is 12.5. The average molecular weight is 392 g/mol. The second-order valence-electron chi connectivity index (χ2n) is 6.05. The van der Waals surface area contributed by atoms with Crippen LogP contribution < -0.4 is 19.7 Å². The van der Waals surface area contributed by atoms with Crippen molar-refractivity contribution in [3.63, 3.8) is 0 Å². The van der Waals surface area contributed by atoms with Crippen LogP contribution in [-0.4, -0.2) is 67.7 Å². The van der Waals surface area contributed by atoms with Crippen molar-refractivity contribution in [3.05, 3.63) is 35.6 Å². The molecule has 27 heavy (non-hydrogen) atoms. The number of carbonyl (C=O) groups excluding carboxylic acids is 1. The maximum Gasteiger partial charge on any atom is 0.238 e. The van der Waals surface area contributed by atoms with Gasteiger partial charge in [-0.25, -0.2) is 9.97 Å². The zero-order valence-corrected chi connectivity index (χ0v) is 16.1. The van der Waals surface area contributed by atoms with Crippen LogP contribution in [0.15, 0.2) is 30.6 Å². The van der Waals surface area contributed by atoms with Gasteiger partial charge in [-0.2, -0.15) is 0 Å². The molecule has 1 aromatic heterocycles. The predicted molar refractivity (Wildman–Crippen MR) is 104 cm³/mol. The van der Waals surface area contributed by atoms with Crippen molar-refractivity contribution < 1.29 is 14.3 Å². The van der Waals surface area contributed by atoms with Gasteiger partial charge in [-0.3, -0.25) is 9.69 Å². The third kappa shape index (κ3) is 4.78. The number of anilines is 2. The van der Waals surface area contributed by atoms with Gasteiger partial charge in [0.15, 0.2) is 0 Å². The van der Waals surface area contributed by atoms with E-state index in [-0.39, 0.29) is 12.5 Å². The first-order valence-corrected chi connectivity index (χ1v) is 8.94. The van der Waals surface area contributed by atoms with E-state index < -0.39 is 0 Å². The lowest BCUT2D eigenvalue weighted by Gasteiger charge is -2.34. The fourth-order valence-electron chi connectivity index (χ4n) is 2.91. The normalized spacial score (nSPS) is 14.7. The van der Waals surface area contributed by atoms with E-state index >= 15 is 0 Å². The van der Waals surface area contributed by atoms with E-state index in [9.17, 15) is 4.79 Å². The van der Waals surface area contributed by atoms with E-state index in [4.69, 9.17) is 21.1 Å². The molecular formula is C18H22ClN5O3. The summed E-state index contributed by atoms with van der Waals surface area (Å²) in [5, 5.41) is 3.29. The third-order valence-electron chi connectivity index (χ3n) is 4.32. The number of nitrogens with zero attached hydrogens (tertiary/aromatic N) is 4. The lowest BCUT2D eigenvalue weighted by molar-refractivity contribution is -0.117. The van der Waals surface area contributed by atoms with Gasteiger partial charge in [0.2, 0.25) is 11.9 Å². The van der Waals surface area contributed by atoms with Crippen molar-refractivity contribution in [2.24, 2.45) is 0 Å². The molecule has 1 amide bonds. The standard InChI is InChI=1S/C18H22ClN5O3/c1-26-15-11-14(16(27-2)10-13(15)19)22-17(25)12-23-6-8-24(9-7-23)18-20-4-3-5-21-18/h3-5,10-11H,6-9,12H2,1-2H3,(H,22,25). The van der Waals surface area contributed by atoms with Gasteiger partial charge >= 0.3 is 0 Å². The summed E-state index contributed by atoms with van der Waals surface area (Å²) in [6, 6.07) is 5.07. The van der Waals surface area contributed by atoms with Gasteiger partial charge in [0, 0.05) is 50.7 Å². The molecule has 3 rings (SSSR count). The van der Waals surface area contributed by atoms with Crippen LogP contribution in [0.25, 0.3) is 0 Å². The summed E-state index contributed by atoms with van der Waals surface area (Å²) in [5.74, 6) is 1.56. The molecule has 0 radical (unpaired) electrons. The number of amides is 1. The van der Waals surface area contributed by atoms with Crippen LogP contribution in [0.3, 0.4) is 0 Å². The Bertz CT molecular complexity index is 782. The van der Waals surface area contributed by atoms with Crippen molar-refractivity contribution in [2.75, 3.05) is 57.2 Å². The Morgan fingerprint density at radius 1 is 1.11 bits per heavy atom. The molecule has 1 fully saturated rings. The molecule has 0 aliphatic carbocycles. The van der Waals surface area contributed by atoms with Crippen LogP contribution in [0.2, 0.25) is 5.02 Å². The van der Waals surface area contributed by atoms with Gasteiger partial charge in [0.05, 0.1) is 31.5 Å². The molecule has 9 heteroatoms. The number of methoxy groups -OCH3 is 2. The minimum absolute atomic E-state index is 0.123. The molecule has 144 valence electrons. The number of benzene rings is 1. The minimum atomic E-state index is -0.123. The molecule has 1 saturated heterocycles. The fraction of sp³-hybridized carbons (Fsp3) is 0.389. The quantitative estimate of drug-likeness (QED) is 0.805. The van der Waals surface area contributed by atoms with Crippen LogP contribution in [0.1, 0.15) is 0 Å². The van der Waals surface area contributed by atoms with Gasteiger partial charge in [0.25, 0.3) is 0 Å². The Morgan fingerprint density at radius 2 is 1.78 bits per heavy atom. The van der Waals surface area contributed by atoms with Crippen LogP contribution >= 0.6 is 11.6 Å². The smallest absolute Gasteiger partial charge is 0.238 e. The Hall–Kier alpha value is -2.58. The van der Waals surface area contributed by atoms with E-state index in [2.05, 4.69) is 25.1 Å². The van der Waals surface area contributed by atoms with E-state index in [1.807, 2.05) is 0 Å². The van der Waals surface area contributed by atoms with Crippen molar-refractivity contribution in [1.29, 1.82) is 0 Å². The van der Waals surface area contributed by atoms with Crippen molar-refractivity contribution >= 4 is 29.1 Å². The summed E-state index contributed by atoms with van der Waals surface area (Å²) in [5.41, 5.74) is 0.528. The number of halogens is 1. The first kappa shape index (κ1) is 19.2. The highest BCUT2D eigenvalue weighted by molar-refractivity contribution is 6.32. The predicted octanol–water partition coefficient (Wildman–Crippen LogP) is 1.91. The Kier molecular flexibility index (Phi) is 6.31. The first-order chi connectivity index (χ1) is 13.1. The second-order valence-corrected chi connectivity index (χ2v) is 6.45. The first-order valence-electron chi connectivity index (χ1n) is 8.56. The summed E-state index contributed by atoms with van der Waals surface area (Å²) in [7, 11) is 3.05. The molecule has 0 atom stereocenters. The summed E-state index contributed by atoms with van der Waals surface area (Å²) in [4.78, 5) is 25.2. The Balaban J connectivity index is 1.56. The average Bonchev–Trinajstić information content (AvgIpc) is 2.70. The van der Waals surface area contributed by atoms with Crippen molar-refractivity contribution in [2.45, 2.75) is 0 Å². The van der Waals surface area contributed by atoms with Crippen molar-refractivity contribution in [1.82, 2.24) is 14.9 Å². The molecule has 8 nitrogen and oxygen atoms in total. The number of aromatic nitrogens is 2. The lowest BCUT2D eigenvalue weighted by atomic mass is 10.2. The number of rotatable bonds is 6. The number of piperazine rings is 1. The highest BCUT2D eigenvalue weighted by Crippen LogP contribution is 2.35. The van der Waals surface area contributed by atoms with Gasteiger partial charge in [0.1, 0.15) is 11.5 Å². The lowest BCUT2D eigenvalue weighted by Crippen LogP contribution is -2.49. The maximum absolute atomic E-state index is 12.5. The molecule has 1 aliphatic heterocycles. The topological polar surface area (TPSA) is 79.8 Å². The van der Waals surface area contributed by atoms with Crippen LogP contribution in [0, 0.1) is 0 Å². The number of ether oxygens (including phenoxy) is 2. The molecule has 0 saturated carbocycles. The Morgan fingerprint density at radius 3 is 2.41 bits per heavy atom. The number of carbonyl (C=O) groups is 1. The van der Waals surface area contributed by atoms with Crippen LogP contribution in [0.5, 0.6) is 11.5 Å². The summed E-state index contributed by atoms with van der Waals surface area (Å²) in [6.07, 6.45) is 3.46. The third-order valence-corrected chi connectivity index (χ3v) is 4.62. The zero-order chi connectivity index (χ0) is 19.2. The second kappa shape index (κ2) is 8.88. The SMILES string of the molecule is COc1cc(NC(=O)CN2CCN(c3ncccn3)CC2)c(OC)cc1Cl. The van der Waals surface area contributed by atoms with Crippen LogP contribution in [0.4, 0.5) is 11.6 Å². The molecule has 2 heterocycles. The minimum Gasteiger partial charge on any atom is -0.495 e. The molecule has 1 aromatic carbocycles. The highest BCUT2D eigenvalue weighted by atomic mass is 35.5. The number of hydrogen-bond acceptors (Lipinski definition) is 7. The largest absolute Gasteiger partial charge is 0.495 e. The zero-order valence-electron chi connectivity index (χ0n) is 15.3. The molecule has 0 spiro atoms. The van der Waals surface area contributed by atoms with Crippen LogP contribution in [-0.2, 0) is 4.79 Å². The van der Waals surface area contributed by atoms with Gasteiger partial charge in [-0.05, 0) is 6.07 Å². The van der Waals surface area contributed by atoms with E-state index in [1.165, 1.54) is 14.2 Å². The number of nitrogens with one attached hydrogen (secondary N) is 1. The fourth-order valence-corrected chi connectivity index (χ4v) is 3.14. The van der Waals surface area contributed by atoms with E-state index in [1.54, 1.807) is 30.6 Å². The molecular weight excluding hydrogens is 370 g/mol. The van der Waals surface area contributed by atoms with Gasteiger partial charge in [-0.1, -0.05) is 11.6 Å². The van der Waals surface area contributed by atoms with E-state index in [0.29, 0.717) is 22.2 Å². The summed E-state index contributed by atoms with van der Waals surface area (Å²) in [6.45, 7) is 3.35. The van der Waals surface area contributed by atoms with Gasteiger partial charge in [-0.15, -0.1) is 0 Å². The monoisotopic (exact) mass is 391 g/mol.